The normalized spacial score (nSPS) is 23.2. The zero-order valence-electron chi connectivity index (χ0n) is 7.95. The molecule has 2 N–H and O–H groups in total. The standard InChI is InChI=1S/C9H19NOS/c1-3-7(2)9(10)6-12-8-4-11-5-8/h7-9H,3-6,10H2,1-2H3. The molecule has 0 spiro atoms. The van der Waals surface area contributed by atoms with Crippen LogP contribution < -0.4 is 5.73 Å². The molecule has 2 atom stereocenters. The highest BCUT2D eigenvalue weighted by atomic mass is 32.2. The second kappa shape index (κ2) is 5.10. The van der Waals surface area contributed by atoms with E-state index < -0.39 is 0 Å². The summed E-state index contributed by atoms with van der Waals surface area (Å²) in [6, 6.07) is 0.362. The van der Waals surface area contributed by atoms with E-state index >= 15 is 0 Å². The smallest absolute Gasteiger partial charge is 0.0607 e. The fourth-order valence-electron chi connectivity index (χ4n) is 1.02. The molecule has 0 aromatic rings. The fraction of sp³-hybridized carbons (Fsp3) is 1.00. The first kappa shape index (κ1) is 10.4. The van der Waals surface area contributed by atoms with E-state index in [1.807, 2.05) is 11.8 Å². The van der Waals surface area contributed by atoms with Crippen molar-refractivity contribution in [2.75, 3.05) is 19.0 Å². The van der Waals surface area contributed by atoms with Crippen LogP contribution in [0, 0.1) is 5.92 Å². The van der Waals surface area contributed by atoms with Crippen molar-refractivity contribution in [2.24, 2.45) is 11.7 Å². The Hall–Kier alpha value is 0.270. The molecule has 2 nitrogen and oxygen atoms in total. The van der Waals surface area contributed by atoms with Crippen LogP contribution in [0.3, 0.4) is 0 Å². The molecule has 0 aliphatic carbocycles. The molecule has 1 aliphatic heterocycles. The number of ether oxygens (including phenoxy) is 1. The van der Waals surface area contributed by atoms with Crippen LogP contribution in [0.2, 0.25) is 0 Å². The van der Waals surface area contributed by atoms with Crippen LogP contribution >= 0.6 is 11.8 Å². The van der Waals surface area contributed by atoms with Crippen molar-refractivity contribution in [1.82, 2.24) is 0 Å². The monoisotopic (exact) mass is 189 g/mol. The summed E-state index contributed by atoms with van der Waals surface area (Å²) in [5.74, 6) is 1.74. The summed E-state index contributed by atoms with van der Waals surface area (Å²) in [6.07, 6.45) is 1.18. The van der Waals surface area contributed by atoms with Gasteiger partial charge in [-0.05, 0) is 5.92 Å². The average Bonchev–Trinajstić information content (AvgIpc) is 2.00. The molecule has 1 rings (SSSR count). The van der Waals surface area contributed by atoms with Gasteiger partial charge in [-0.2, -0.15) is 11.8 Å². The van der Waals surface area contributed by atoms with E-state index in [0.29, 0.717) is 12.0 Å². The minimum absolute atomic E-state index is 0.362. The van der Waals surface area contributed by atoms with Crippen LogP contribution in [0.5, 0.6) is 0 Å². The molecule has 72 valence electrons. The number of thioether (sulfide) groups is 1. The molecular formula is C9H19NOS. The number of hydrogen-bond donors (Lipinski definition) is 1. The van der Waals surface area contributed by atoms with Crippen molar-refractivity contribution < 1.29 is 4.74 Å². The lowest BCUT2D eigenvalue weighted by molar-refractivity contribution is 0.0455. The lowest BCUT2D eigenvalue weighted by Gasteiger charge is -2.27. The highest BCUT2D eigenvalue weighted by molar-refractivity contribution is 8.00. The maximum Gasteiger partial charge on any atom is 0.0607 e. The van der Waals surface area contributed by atoms with Crippen molar-refractivity contribution in [3.63, 3.8) is 0 Å². The molecule has 1 fully saturated rings. The van der Waals surface area contributed by atoms with Gasteiger partial charge < -0.3 is 10.5 Å². The molecule has 0 amide bonds. The summed E-state index contributed by atoms with van der Waals surface area (Å²) < 4.78 is 5.09. The molecule has 1 heterocycles. The molecule has 0 aromatic carbocycles. The molecule has 0 aromatic heterocycles. The third-order valence-corrected chi connectivity index (χ3v) is 3.83. The van der Waals surface area contributed by atoms with Crippen LogP contribution in [0.1, 0.15) is 20.3 Å². The van der Waals surface area contributed by atoms with Crippen LogP contribution in [0.25, 0.3) is 0 Å². The summed E-state index contributed by atoms with van der Waals surface area (Å²) in [5.41, 5.74) is 5.99. The molecule has 0 saturated carbocycles. The maximum atomic E-state index is 5.99. The summed E-state index contributed by atoms with van der Waals surface area (Å²) in [4.78, 5) is 0. The van der Waals surface area contributed by atoms with Crippen LogP contribution in [0.15, 0.2) is 0 Å². The highest BCUT2D eigenvalue weighted by Gasteiger charge is 2.20. The van der Waals surface area contributed by atoms with Gasteiger partial charge in [0.15, 0.2) is 0 Å². The Morgan fingerprint density at radius 3 is 2.67 bits per heavy atom. The maximum absolute atomic E-state index is 5.99. The zero-order valence-corrected chi connectivity index (χ0v) is 8.77. The van der Waals surface area contributed by atoms with Crippen LogP contribution in [-0.4, -0.2) is 30.3 Å². The molecular weight excluding hydrogens is 170 g/mol. The first-order chi connectivity index (χ1) is 5.74. The van der Waals surface area contributed by atoms with Gasteiger partial charge in [0.2, 0.25) is 0 Å². The molecule has 12 heavy (non-hydrogen) atoms. The SMILES string of the molecule is CCC(C)C(N)CSC1COC1. The van der Waals surface area contributed by atoms with Gasteiger partial charge in [0.25, 0.3) is 0 Å². The molecule has 2 unspecified atom stereocenters. The second-order valence-corrected chi connectivity index (χ2v) is 4.88. The van der Waals surface area contributed by atoms with Gasteiger partial charge in [0.1, 0.15) is 0 Å². The molecule has 0 radical (unpaired) electrons. The minimum Gasteiger partial charge on any atom is -0.379 e. The topological polar surface area (TPSA) is 35.2 Å². The van der Waals surface area contributed by atoms with Gasteiger partial charge in [0, 0.05) is 11.8 Å². The Balaban J connectivity index is 2.04. The van der Waals surface area contributed by atoms with Gasteiger partial charge in [-0.3, -0.25) is 0 Å². The van der Waals surface area contributed by atoms with Gasteiger partial charge >= 0.3 is 0 Å². The highest BCUT2D eigenvalue weighted by Crippen LogP contribution is 2.21. The zero-order chi connectivity index (χ0) is 8.97. The van der Waals surface area contributed by atoms with Gasteiger partial charge in [-0.15, -0.1) is 0 Å². The Morgan fingerprint density at radius 2 is 2.25 bits per heavy atom. The van der Waals surface area contributed by atoms with E-state index in [4.69, 9.17) is 10.5 Å². The Bertz CT molecular complexity index is 128. The predicted molar refractivity (Wildman–Crippen MR) is 54.5 cm³/mol. The predicted octanol–water partition coefficient (Wildman–Crippen LogP) is 1.49. The summed E-state index contributed by atoms with van der Waals surface area (Å²) in [5, 5.41) is 0.722. The van der Waals surface area contributed by atoms with E-state index in [0.717, 1.165) is 24.2 Å². The molecule has 0 bridgehead atoms. The molecule has 1 aliphatic rings. The third-order valence-electron chi connectivity index (χ3n) is 2.51. The van der Waals surface area contributed by atoms with Gasteiger partial charge in [-0.25, -0.2) is 0 Å². The lowest BCUT2D eigenvalue weighted by Crippen LogP contribution is -2.35. The summed E-state index contributed by atoms with van der Waals surface area (Å²) in [7, 11) is 0. The van der Waals surface area contributed by atoms with Crippen LogP contribution in [0.4, 0.5) is 0 Å². The first-order valence-corrected chi connectivity index (χ1v) is 5.73. The summed E-state index contributed by atoms with van der Waals surface area (Å²) in [6.45, 7) is 6.28. The fourth-order valence-corrected chi connectivity index (χ4v) is 2.23. The lowest BCUT2D eigenvalue weighted by atomic mass is 10.0. The van der Waals surface area contributed by atoms with Crippen molar-refractivity contribution in [2.45, 2.75) is 31.6 Å². The van der Waals surface area contributed by atoms with Crippen LogP contribution in [-0.2, 0) is 4.74 Å². The largest absolute Gasteiger partial charge is 0.379 e. The van der Waals surface area contributed by atoms with E-state index in [2.05, 4.69) is 13.8 Å². The number of rotatable bonds is 5. The summed E-state index contributed by atoms with van der Waals surface area (Å²) >= 11 is 1.96. The molecule has 1 saturated heterocycles. The first-order valence-electron chi connectivity index (χ1n) is 4.69. The number of hydrogen-bond acceptors (Lipinski definition) is 3. The Morgan fingerprint density at radius 1 is 1.58 bits per heavy atom. The second-order valence-electron chi connectivity index (χ2n) is 3.54. The average molecular weight is 189 g/mol. The quantitative estimate of drug-likeness (QED) is 0.711. The van der Waals surface area contributed by atoms with Crippen molar-refractivity contribution >= 4 is 11.8 Å². The van der Waals surface area contributed by atoms with E-state index in [1.165, 1.54) is 6.42 Å². The van der Waals surface area contributed by atoms with E-state index in [1.54, 1.807) is 0 Å². The third kappa shape index (κ3) is 2.96. The Kier molecular flexibility index (Phi) is 4.40. The van der Waals surface area contributed by atoms with Gasteiger partial charge in [0.05, 0.1) is 18.5 Å². The van der Waals surface area contributed by atoms with Crippen molar-refractivity contribution in [3.8, 4) is 0 Å². The van der Waals surface area contributed by atoms with Crippen molar-refractivity contribution in [1.29, 1.82) is 0 Å². The number of nitrogens with two attached hydrogens (primary N) is 1. The van der Waals surface area contributed by atoms with Gasteiger partial charge in [-0.1, -0.05) is 20.3 Å². The Labute approximate surface area is 79.2 Å². The minimum atomic E-state index is 0.362. The van der Waals surface area contributed by atoms with Crippen molar-refractivity contribution in [3.05, 3.63) is 0 Å². The van der Waals surface area contributed by atoms with E-state index in [-0.39, 0.29) is 0 Å². The molecule has 3 heteroatoms. The van der Waals surface area contributed by atoms with E-state index in [9.17, 15) is 0 Å².